The molecule has 0 bridgehead atoms. The lowest BCUT2D eigenvalue weighted by Gasteiger charge is -2.27. The van der Waals surface area contributed by atoms with Crippen molar-refractivity contribution in [3.05, 3.63) is 99.2 Å². The summed E-state index contributed by atoms with van der Waals surface area (Å²) in [5.74, 6) is -0.118. The zero-order valence-electron chi connectivity index (χ0n) is 18.0. The predicted molar refractivity (Wildman–Crippen MR) is 135 cm³/mol. The van der Waals surface area contributed by atoms with Crippen LogP contribution in [0.5, 0.6) is 0 Å². The topological polar surface area (TPSA) is 52.7 Å². The van der Waals surface area contributed by atoms with Crippen LogP contribution in [0.3, 0.4) is 0 Å². The van der Waals surface area contributed by atoms with Crippen molar-refractivity contribution in [2.24, 2.45) is 0 Å². The minimum atomic E-state index is -0.341. The van der Waals surface area contributed by atoms with Crippen LogP contribution in [0, 0.1) is 6.92 Å². The summed E-state index contributed by atoms with van der Waals surface area (Å²) in [6.07, 6.45) is 1.62. The molecular formula is C25H26BrN3O2S. The third kappa shape index (κ3) is 7.07. The molecule has 0 fully saturated rings. The molecule has 1 aromatic heterocycles. The molecule has 0 unspecified atom stereocenters. The summed E-state index contributed by atoms with van der Waals surface area (Å²) in [6.45, 7) is 7.01. The number of benzene rings is 2. The second-order valence-corrected chi connectivity index (χ2v) is 9.64. The first kappa shape index (κ1) is 23.8. The van der Waals surface area contributed by atoms with Crippen LogP contribution in [0.4, 0.5) is 10.5 Å². The molecule has 0 atom stereocenters. The number of hydrogen-bond acceptors (Lipinski definition) is 3. The van der Waals surface area contributed by atoms with E-state index < -0.39 is 0 Å². The van der Waals surface area contributed by atoms with Gasteiger partial charge in [-0.3, -0.25) is 4.79 Å². The number of amides is 3. The summed E-state index contributed by atoms with van der Waals surface area (Å²) in [5.41, 5.74) is 1.71. The third-order valence-corrected chi connectivity index (χ3v) is 6.28. The monoisotopic (exact) mass is 511 g/mol. The number of nitrogens with one attached hydrogen (secondary N) is 1. The molecule has 7 heteroatoms. The van der Waals surface area contributed by atoms with Crippen molar-refractivity contribution in [3.63, 3.8) is 0 Å². The van der Waals surface area contributed by atoms with Crippen LogP contribution in [0.2, 0.25) is 0 Å². The molecule has 166 valence electrons. The van der Waals surface area contributed by atoms with Gasteiger partial charge < -0.3 is 15.1 Å². The van der Waals surface area contributed by atoms with Crippen LogP contribution >= 0.6 is 27.3 Å². The lowest BCUT2D eigenvalue weighted by molar-refractivity contribution is -0.132. The second-order valence-electron chi connectivity index (χ2n) is 7.35. The first-order valence-electron chi connectivity index (χ1n) is 10.2. The van der Waals surface area contributed by atoms with Crippen molar-refractivity contribution >= 4 is 44.9 Å². The van der Waals surface area contributed by atoms with Gasteiger partial charge in [0.1, 0.15) is 6.54 Å². The number of aryl methyl sites for hydroxylation is 1. The number of rotatable bonds is 9. The number of carbonyl (C=O) groups excluding carboxylic acids is 2. The van der Waals surface area contributed by atoms with E-state index in [1.807, 2.05) is 48.5 Å². The zero-order chi connectivity index (χ0) is 22.9. The van der Waals surface area contributed by atoms with Gasteiger partial charge in [0.15, 0.2) is 0 Å². The van der Waals surface area contributed by atoms with E-state index in [2.05, 4.69) is 40.8 Å². The molecule has 0 aliphatic rings. The SMILES string of the molecule is C=CCN(CC(=O)N(Cc1ccccc1)Cc1ccc(C)s1)C(=O)Nc1ccc(Br)cc1. The Balaban J connectivity index is 1.73. The Morgan fingerprint density at radius 3 is 2.34 bits per heavy atom. The maximum Gasteiger partial charge on any atom is 0.322 e. The summed E-state index contributed by atoms with van der Waals surface area (Å²) in [5, 5.41) is 2.85. The van der Waals surface area contributed by atoms with E-state index >= 15 is 0 Å². The Labute approximate surface area is 201 Å². The standard InChI is InChI=1S/C25H26BrN3O2S/c1-3-15-28(25(31)27-22-12-10-21(26)11-13-22)18-24(30)29(16-20-7-5-4-6-8-20)17-23-14-9-19(2)32-23/h3-14H,1,15-18H2,2H3,(H,27,31). The summed E-state index contributed by atoms with van der Waals surface area (Å²) >= 11 is 5.06. The number of carbonyl (C=O) groups is 2. The van der Waals surface area contributed by atoms with Gasteiger partial charge in [-0.15, -0.1) is 17.9 Å². The number of hydrogen-bond donors (Lipinski definition) is 1. The van der Waals surface area contributed by atoms with Crippen LogP contribution in [0.1, 0.15) is 15.3 Å². The molecule has 3 amide bonds. The number of urea groups is 1. The maximum atomic E-state index is 13.3. The number of anilines is 1. The van der Waals surface area contributed by atoms with Gasteiger partial charge >= 0.3 is 6.03 Å². The molecule has 3 rings (SSSR count). The van der Waals surface area contributed by atoms with Gasteiger partial charge in [0.2, 0.25) is 5.91 Å². The molecule has 0 aliphatic heterocycles. The lowest BCUT2D eigenvalue weighted by atomic mass is 10.2. The normalized spacial score (nSPS) is 10.4. The molecule has 2 aromatic carbocycles. The molecule has 0 aliphatic carbocycles. The average Bonchev–Trinajstić information content (AvgIpc) is 3.20. The Bertz CT molecular complexity index is 1050. The Morgan fingerprint density at radius 2 is 1.72 bits per heavy atom. The van der Waals surface area contributed by atoms with Crippen LogP contribution in [0.25, 0.3) is 0 Å². The summed E-state index contributed by atoms with van der Waals surface area (Å²) < 4.78 is 0.925. The van der Waals surface area contributed by atoms with Gasteiger partial charge in [0, 0.05) is 33.0 Å². The van der Waals surface area contributed by atoms with Crippen LogP contribution in [-0.4, -0.2) is 34.8 Å². The third-order valence-electron chi connectivity index (χ3n) is 4.77. The van der Waals surface area contributed by atoms with Crippen molar-refractivity contribution < 1.29 is 9.59 Å². The largest absolute Gasteiger partial charge is 0.332 e. The second kappa shape index (κ2) is 11.6. The molecule has 1 heterocycles. The number of nitrogens with zero attached hydrogens (tertiary/aromatic N) is 2. The molecule has 5 nitrogen and oxygen atoms in total. The Morgan fingerprint density at radius 1 is 1.00 bits per heavy atom. The quantitative estimate of drug-likeness (QED) is 0.354. The Hall–Kier alpha value is -2.90. The van der Waals surface area contributed by atoms with E-state index in [1.54, 1.807) is 34.4 Å². The molecule has 0 spiro atoms. The number of halogens is 1. The van der Waals surface area contributed by atoms with E-state index in [9.17, 15) is 9.59 Å². The lowest BCUT2D eigenvalue weighted by Crippen LogP contribution is -2.44. The minimum absolute atomic E-state index is 0.0361. The van der Waals surface area contributed by atoms with E-state index in [0.29, 0.717) is 18.8 Å². The molecule has 0 saturated heterocycles. The average molecular weight is 512 g/mol. The highest BCUT2D eigenvalue weighted by Crippen LogP contribution is 2.19. The maximum absolute atomic E-state index is 13.3. The minimum Gasteiger partial charge on any atom is -0.332 e. The number of thiophene rings is 1. The van der Waals surface area contributed by atoms with Crippen LogP contribution in [0.15, 0.2) is 83.9 Å². The van der Waals surface area contributed by atoms with Gasteiger partial charge in [0.05, 0.1) is 6.54 Å². The fourth-order valence-corrected chi connectivity index (χ4v) is 4.34. The summed E-state index contributed by atoms with van der Waals surface area (Å²) in [6, 6.07) is 21.0. The highest BCUT2D eigenvalue weighted by atomic mass is 79.9. The van der Waals surface area contributed by atoms with Crippen molar-refractivity contribution in [1.82, 2.24) is 9.80 Å². The van der Waals surface area contributed by atoms with Crippen molar-refractivity contribution in [1.29, 1.82) is 0 Å². The van der Waals surface area contributed by atoms with Gasteiger partial charge in [-0.2, -0.15) is 0 Å². The van der Waals surface area contributed by atoms with Crippen LogP contribution < -0.4 is 5.32 Å². The van der Waals surface area contributed by atoms with Gasteiger partial charge in [-0.05, 0) is 48.9 Å². The summed E-state index contributed by atoms with van der Waals surface area (Å²) in [7, 11) is 0. The fraction of sp³-hybridized carbons (Fsp3) is 0.200. The van der Waals surface area contributed by atoms with Gasteiger partial charge in [0.25, 0.3) is 0 Å². The smallest absolute Gasteiger partial charge is 0.322 e. The summed E-state index contributed by atoms with van der Waals surface area (Å²) in [4.78, 5) is 31.7. The van der Waals surface area contributed by atoms with Gasteiger partial charge in [-0.1, -0.05) is 52.3 Å². The molecular weight excluding hydrogens is 486 g/mol. The van der Waals surface area contributed by atoms with Gasteiger partial charge in [-0.25, -0.2) is 4.79 Å². The molecule has 1 N–H and O–H groups in total. The molecule has 0 radical (unpaired) electrons. The highest BCUT2D eigenvalue weighted by Gasteiger charge is 2.22. The van der Waals surface area contributed by atoms with E-state index in [1.165, 1.54) is 9.78 Å². The Kier molecular flexibility index (Phi) is 8.64. The van der Waals surface area contributed by atoms with E-state index in [0.717, 1.165) is 14.9 Å². The van der Waals surface area contributed by atoms with Crippen molar-refractivity contribution in [2.75, 3.05) is 18.4 Å². The van der Waals surface area contributed by atoms with Crippen LogP contribution in [-0.2, 0) is 17.9 Å². The molecule has 0 saturated carbocycles. The predicted octanol–water partition coefficient (Wildman–Crippen LogP) is 6.07. The molecule has 3 aromatic rings. The first-order valence-corrected chi connectivity index (χ1v) is 11.8. The van der Waals surface area contributed by atoms with E-state index in [4.69, 9.17) is 0 Å². The first-order chi connectivity index (χ1) is 15.4. The van der Waals surface area contributed by atoms with Crippen molar-refractivity contribution in [2.45, 2.75) is 20.0 Å². The van der Waals surface area contributed by atoms with Crippen molar-refractivity contribution in [3.8, 4) is 0 Å². The highest BCUT2D eigenvalue weighted by molar-refractivity contribution is 9.10. The van der Waals surface area contributed by atoms with E-state index in [-0.39, 0.29) is 25.0 Å². The zero-order valence-corrected chi connectivity index (χ0v) is 20.4. The molecule has 32 heavy (non-hydrogen) atoms. The fourth-order valence-electron chi connectivity index (χ4n) is 3.17.